The van der Waals surface area contributed by atoms with Gasteiger partial charge < -0.3 is 5.11 Å². The summed E-state index contributed by atoms with van der Waals surface area (Å²) >= 11 is 0. The Bertz CT molecular complexity index is 181. The zero-order valence-electron chi connectivity index (χ0n) is 5.46. The Kier molecular flexibility index (Phi) is 0.797. The number of rotatable bonds is 0. The molecule has 1 heteroatoms. The minimum absolute atomic E-state index is 0.370. The van der Waals surface area contributed by atoms with Gasteiger partial charge in [0.2, 0.25) is 0 Å². The third kappa shape index (κ3) is 0.493. The molecule has 0 saturated heterocycles. The predicted octanol–water partition coefficient (Wildman–Crippen LogP) is 2.02. The third-order valence-electron chi connectivity index (χ3n) is 2.40. The molecule has 2 unspecified atom stereocenters. The van der Waals surface area contributed by atoms with Gasteiger partial charge in [-0.25, -0.2) is 0 Å². The van der Waals surface area contributed by atoms with Crippen LogP contribution in [0.25, 0.3) is 0 Å². The minimum Gasteiger partial charge on any atom is -0.512 e. The molecule has 0 spiro atoms. The van der Waals surface area contributed by atoms with Gasteiger partial charge >= 0.3 is 0 Å². The molecule has 0 radical (unpaired) electrons. The Morgan fingerprint density at radius 3 is 2.44 bits per heavy atom. The summed E-state index contributed by atoms with van der Waals surface area (Å²) in [7, 11) is 0. The van der Waals surface area contributed by atoms with Crippen LogP contribution in [0.15, 0.2) is 23.5 Å². The fraction of sp³-hybridized carbons (Fsp3) is 0.500. The summed E-state index contributed by atoms with van der Waals surface area (Å²) in [5.74, 6) is 1.56. The lowest BCUT2D eigenvalue weighted by Crippen LogP contribution is -1.93. The molecule has 0 saturated carbocycles. The highest BCUT2D eigenvalue weighted by atomic mass is 16.3. The molecule has 0 amide bonds. The number of aliphatic hydroxyl groups is 1. The van der Waals surface area contributed by atoms with Crippen LogP contribution in [0.4, 0.5) is 0 Å². The Morgan fingerprint density at radius 2 is 2.11 bits per heavy atom. The van der Waals surface area contributed by atoms with Gasteiger partial charge in [-0.15, -0.1) is 0 Å². The molecule has 0 heterocycles. The van der Waals surface area contributed by atoms with Crippen LogP contribution in [0, 0.1) is 11.8 Å². The zero-order valence-corrected chi connectivity index (χ0v) is 5.46. The maximum absolute atomic E-state index is 9.32. The molecule has 9 heavy (non-hydrogen) atoms. The summed E-state index contributed by atoms with van der Waals surface area (Å²) in [4.78, 5) is 0. The van der Waals surface area contributed by atoms with Crippen molar-refractivity contribution in [1.82, 2.24) is 0 Å². The van der Waals surface area contributed by atoms with Crippen molar-refractivity contribution in [2.75, 3.05) is 0 Å². The van der Waals surface area contributed by atoms with Gasteiger partial charge in [0, 0.05) is 11.8 Å². The lowest BCUT2D eigenvalue weighted by atomic mass is 10.1. The van der Waals surface area contributed by atoms with Crippen molar-refractivity contribution in [2.24, 2.45) is 11.8 Å². The summed E-state index contributed by atoms with van der Waals surface area (Å²) < 4.78 is 0. The molecule has 2 bridgehead atoms. The van der Waals surface area contributed by atoms with Crippen LogP contribution in [0.1, 0.15) is 13.3 Å². The van der Waals surface area contributed by atoms with Crippen LogP contribution in [0.5, 0.6) is 0 Å². The van der Waals surface area contributed by atoms with E-state index in [9.17, 15) is 5.11 Å². The van der Waals surface area contributed by atoms with E-state index < -0.39 is 0 Å². The first kappa shape index (κ1) is 5.10. The smallest absolute Gasteiger partial charge is 0.0986 e. The van der Waals surface area contributed by atoms with Gasteiger partial charge in [0.05, 0.1) is 5.76 Å². The summed E-state index contributed by atoms with van der Waals surface area (Å²) in [5, 5.41) is 9.32. The maximum atomic E-state index is 9.32. The van der Waals surface area contributed by atoms with Crippen LogP contribution in [0.2, 0.25) is 0 Å². The molecule has 1 nitrogen and oxygen atoms in total. The van der Waals surface area contributed by atoms with Gasteiger partial charge in [0.25, 0.3) is 0 Å². The van der Waals surface area contributed by atoms with E-state index in [4.69, 9.17) is 0 Å². The fourth-order valence-corrected chi connectivity index (χ4v) is 1.71. The van der Waals surface area contributed by atoms with Crippen LogP contribution >= 0.6 is 0 Å². The van der Waals surface area contributed by atoms with Crippen molar-refractivity contribution in [3.05, 3.63) is 23.5 Å². The second kappa shape index (κ2) is 1.41. The molecule has 0 aromatic heterocycles. The number of allylic oxidation sites excluding steroid dienone is 3. The minimum atomic E-state index is 0.370. The molecule has 2 aliphatic rings. The summed E-state index contributed by atoms with van der Waals surface area (Å²) in [6, 6.07) is 0. The number of hydrogen-bond acceptors (Lipinski definition) is 1. The first-order chi connectivity index (χ1) is 4.29. The highest BCUT2D eigenvalue weighted by Crippen LogP contribution is 2.41. The second-order valence-electron chi connectivity index (χ2n) is 2.90. The van der Waals surface area contributed by atoms with Crippen molar-refractivity contribution >= 4 is 0 Å². The average molecular weight is 122 g/mol. The van der Waals surface area contributed by atoms with E-state index >= 15 is 0 Å². The Labute approximate surface area is 54.7 Å². The van der Waals surface area contributed by atoms with Gasteiger partial charge in [-0.2, -0.15) is 0 Å². The first-order valence-electron chi connectivity index (χ1n) is 3.37. The number of fused-ring (bicyclic) bond motifs is 2. The number of aliphatic hydroxyl groups excluding tert-OH is 1. The largest absolute Gasteiger partial charge is 0.512 e. The summed E-state index contributed by atoms with van der Waals surface area (Å²) in [6.07, 6.45) is 5.42. The molecule has 0 fully saturated rings. The second-order valence-corrected chi connectivity index (χ2v) is 2.90. The fourth-order valence-electron chi connectivity index (χ4n) is 1.71. The SMILES string of the molecule is CC1=C(O)C2C=CC1C2. The van der Waals surface area contributed by atoms with Gasteiger partial charge in [0.15, 0.2) is 0 Å². The predicted molar refractivity (Wildman–Crippen MR) is 36.1 cm³/mol. The Balaban J connectivity index is 2.41. The number of hydrogen-bond donors (Lipinski definition) is 1. The monoisotopic (exact) mass is 122 g/mol. The van der Waals surface area contributed by atoms with Crippen LogP contribution in [0.3, 0.4) is 0 Å². The van der Waals surface area contributed by atoms with Gasteiger partial charge in [-0.3, -0.25) is 0 Å². The molecule has 2 atom stereocenters. The Morgan fingerprint density at radius 1 is 1.44 bits per heavy atom. The van der Waals surface area contributed by atoms with E-state index in [0.29, 0.717) is 17.6 Å². The first-order valence-corrected chi connectivity index (χ1v) is 3.37. The molecule has 0 aromatic carbocycles. The third-order valence-corrected chi connectivity index (χ3v) is 2.40. The molecule has 48 valence electrons. The maximum Gasteiger partial charge on any atom is 0.0986 e. The van der Waals surface area contributed by atoms with Crippen molar-refractivity contribution < 1.29 is 5.11 Å². The summed E-state index contributed by atoms with van der Waals surface area (Å²) in [6.45, 7) is 2.02. The lowest BCUT2D eigenvalue weighted by molar-refractivity contribution is 0.364. The Hall–Kier alpha value is -0.720. The van der Waals surface area contributed by atoms with E-state index in [1.54, 1.807) is 0 Å². The molecule has 1 N–H and O–H groups in total. The quantitative estimate of drug-likeness (QED) is 0.487. The zero-order chi connectivity index (χ0) is 6.43. The van der Waals surface area contributed by atoms with Gasteiger partial charge in [0.1, 0.15) is 0 Å². The topological polar surface area (TPSA) is 20.2 Å². The molecule has 2 rings (SSSR count). The standard InChI is InChI=1S/C8H10O/c1-5-6-2-3-7(4-6)8(5)9/h2-3,6-7,9H,4H2,1H3. The highest BCUT2D eigenvalue weighted by molar-refractivity contribution is 5.32. The van der Waals surface area contributed by atoms with E-state index in [0.717, 1.165) is 6.42 Å². The van der Waals surface area contributed by atoms with Crippen LogP contribution in [-0.2, 0) is 0 Å². The van der Waals surface area contributed by atoms with Crippen molar-refractivity contribution in [2.45, 2.75) is 13.3 Å². The van der Waals surface area contributed by atoms with E-state index in [1.807, 2.05) is 6.92 Å². The van der Waals surface area contributed by atoms with Gasteiger partial charge in [-0.05, 0) is 18.9 Å². The average Bonchev–Trinajstić information content (AvgIpc) is 2.37. The van der Waals surface area contributed by atoms with E-state index in [2.05, 4.69) is 12.2 Å². The normalized spacial score (nSPS) is 38.8. The molecule has 0 aliphatic heterocycles. The molecule has 0 aromatic rings. The van der Waals surface area contributed by atoms with Crippen LogP contribution < -0.4 is 0 Å². The van der Waals surface area contributed by atoms with E-state index in [-0.39, 0.29) is 0 Å². The van der Waals surface area contributed by atoms with Crippen LogP contribution in [-0.4, -0.2) is 5.11 Å². The van der Waals surface area contributed by atoms with Crippen molar-refractivity contribution in [3.63, 3.8) is 0 Å². The lowest BCUT2D eigenvalue weighted by Gasteiger charge is -2.04. The van der Waals surface area contributed by atoms with E-state index in [1.165, 1.54) is 5.57 Å². The van der Waals surface area contributed by atoms with Crippen molar-refractivity contribution in [3.8, 4) is 0 Å². The summed E-state index contributed by atoms with van der Waals surface area (Å²) in [5.41, 5.74) is 1.18. The highest BCUT2D eigenvalue weighted by Gasteiger charge is 2.32. The molecule has 2 aliphatic carbocycles. The van der Waals surface area contributed by atoms with Crippen molar-refractivity contribution in [1.29, 1.82) is 0 Å². The molecular formula is C8H10O. The van der Waals surface area contributed by atoms with Gasteiger partial charge in [-0.1, -0.05) is 12.2 Å². The molecular weight excluding hydrogens is 112 g/mol.